The van der Waals surface area contributed by atoms with E-state index in [0.29, 0.717) is 10.8 Å². The molecule has 1 rings (SSSR count). The Kier molecular flexibility index (Phi) is 5.20. The molecule has 0 aliphatic heterocycles. The molecular weight excluding hydrogens is 266 g/mol. The summed E-state index contributed by atoms with van der Waals surface area (Å²) in [6, 6.07) is 5.17. The van der Waals surface area contributed by atoms with Crippen molar-refractivity contribution >= 4 is 17.5 Å². The Morgan fingerprint density at radius 3 is 2.63 bits per heavy atom. The van der Waals surface area contributed by atoms with Gasteiger partial charge in [0.15, 0.2) is 0 Å². The van der Waals surface area contributed by atoms with Gasteiger partial charge in [-0.3, -0.25) is 4.79 Å². The molecule has 1 amide bonds. The van der Waals surface area contributed by atoms with E-state index in [-0.39, 0.29) is 18.9 Å². The Morgan fingerprint density at radius 2 is 2.11 bits per heavy atom. The van der Waals surface area contributed by atoms with Gasteiger partial charge in [0.2, 0.25) is 5.91 Å². The fraction of sp³-hybridized carbons (Fsp3) is 0.500. The topological polar surface area (TPSA) is 49.8 Å². The lowest BCUT2D eigenvalue weighted by Crippen LogP contribution is -2.40. The summed E-state index contributed by atoms with van der Waals surface area (Å²) < 4.78 is 5.20. The van der Waals surface area contributed by atoms with Crippen molar-refractivity contribution in [3.05, 3.63) is 28.8 Å². The zero-order chi connectivity index (χ0) is 14.6. The molecule has 0 atom stereocenters. The van der Waals surface area contributed by atoms with Crippen LogP contribution in [0.5, 0.6) is 5.75 Å². The number of halogens is 1. The van der Waals surface area contributed by atoms with Crippen LogP contribution in [0.15, 0.2) is 18.2 Å². The number of carbonyl (C=O) groups excluding carboxylic acids is 1. The predicted molar refractivity (Wildman–Crippen MR) is 75.6 cm³/mol. The zero-order valence-electron chi connectivity index (χ0n) is 11.7. The molecule has 0 heterocycles. The van der Waals surface area contributed by atoms with Crippen LogP contribution in [0.25, 0.3) is 0 Å². The summed E-state index contributed by atoms with van der Waals surface area (Å²) >= 11 is 5.92. The third-order valence-corrected chi connectivity index (χ3v) is 2.87. The van der Waals surface area contributed by atoms with Crippen molar-refractivity contribution in [2.75, 3.05) is 20.7 Å². The predicted octanol–water partition coefficient (Wildman–Crippen LogP) is 2.12. The standard InChI is InChI=1S/C14H20ClNO3/c1-14(2,18)9-16(3)13(17)8-10-7-11(15)5-6-12(10)19-4/h5-7,18H,8-9H2,1-4H3. The lowest BCUT2D eigenvalue weighted by Gasteiger charge is -2.25. The van der Waals surface area contributed by atoms with Gasteiger partial charge in [-0.1, -0.05) is 11.6 Å². The minimum absolute atomic E-state index is 0.0947. The Balaban J connectivity index is 2.79. The molecule has 1 aromatic carbocycles. The van der Waals surface area contributed by atoms with Gasteiger partial charge in [0.25, 0.3) is 0 Å². The summed E-state index contributed by atoms with van der Waals surface area (Å²) in [5, 5.41) is 10.3. The van der Waals surface area contributed by atoms with Gasteiger partial charge in [-0.2, -0.15) is 0 Å². The Hall–Kier alpha value is -1.26. The number of rotatable bonds is 5. The van der Waals surface area contributed by atoms with Crippen LogP contribution in [0.2, 0.25) is 5.02 Å². The second-order valence-electron chi connectivity index (χ2n) is 5.20. The Morgan fingerprint density at radius 1 is 1.47 bits per heavy atom. The van der Waals surface area contributed by atoms with E-state index < -0.39 is 5.60 Å². The minimum atomic E-state index is -0.914. The maximum absolute atomic E-state index is 12.1. The number of hydrogen-bond acceptors (Lipinski definition) is 3. The fourth-order valence-electron chi connectivity index (χ4n) is 1.85. The SMILES string of the molecule is COc1ccc(Cl)cc1CC(=O)N(C)CC(C)(C)O. The van der Waals surface area contributed by atoms with Crippen molar-refractivity contribution in [3.63, 3.8) is 0 Å². The van der Waals surface area contributed by atoms with Gasteiger partial charge in [0.05, 0.1) is 19.1 Å². The summed E-state index contributed by atoms with van der Waals surface area (Å²) in [7, 11) is 3.22. The van der Waals surface area contributed by atoms with Crippen LogP contribution in [-0.4, -0.2) is 42.2 Å². The van der Waals surface area contributed by atoms with Gasteiger partial charge in [0, 0.05) is 24.2 Å². The van der Waals surface area contributed by atoms with E-state index in [2.05, 4.69) is 0 Å². The summed E-state index contributed by atoms with van der Waals surface area (Å²) in [5.41, 5.74) is -0.175. The molecule has 0 aliphatic rings. The molecule has 5 heteroatoms. The number of nitrogens with zero attached hydrogens (tertiary/aromatic N) is 1. The largest absolute Gasteiger partial charge is 0.496 e. The van der Waals surface area contributed by atoms with E-state index in [4.69, 9.17) is 16.3 Å². The number of likely N-dealkylation sites (N-methyl/N-ethyl adjacent to an activating group) is 1. The van der Waals surface area contributed by atoms with Crippen molar-refractivity contribution in [1.82, 2.24) is 4.90 Å². The lowest BCUT2D eigenvalue weighted by atomic mass is 10.1. The van der Waals surface area contributed by atoms with Gasteiger partial charge in [0.1, 0.15) is 5.75 Å². The number of aliphatic hydroxyl groups is 1. The summed E-state index contributed by atoms with van der Waals surface area (Å²) in [6.45, 7) is 3.60. The fourth-order valence-corrected chi connectivity index (χ4v) is 2.05. The highest BCUT2D eigenvalue weighted by Crippen LogP contribution is 2.23. The number of ether oxygens (including phenoxy) is 1. The molecule has 106 valence electrons. The summed E-state index contributed by atoms with van der Waals surface area (Å²) in [4.78, 5) is 13.6. The van der Waals surface area contributed by atoms with Gasteiger partial charge >= 0.3 is 0 Å². The van der Waals surface area contributed by atoms with E-state index in [1.54, 1.807) is 46.2 Å². The first kappa shape index (κ1) is 15.8. The Bertz CT molecular complexity index is 454. The van der Waals surface area contributed by atoms with Crippen LogP contribution in [0.1, 0.15) is 19.4 Å². The summed E-state index contributed by atoms with van der Waals surface area (Å²) in [5.74, 6) is 0.539. The third kappa shape index (κ3) is 5.09. The first-order chi connectivity index (χ1) is 8.73. The normalized spacial score (nSPS) is 11.3. The van der Waals surface area contributed by atoms with Gasteiger partial charge in [-0.15, -0.1) is 0 Å². The van der Waals surface area contributed by atoms with Crippen LogP contribution in [-0.2, 0) is 11.2 Å². The second kappa shape index (κ2) is 6.26. The number of benzene rings is 1. The third-order valence-electron chi connectivity index (χ3n) is 2.63. The molecular formula is C14H20ClNO3. The molecule has 0 saturated carbocycles. The van der Waals surface area contributed by atoms with Crippen molar-refractivity contribution in [3.8, 4) is 5.75 Å². The van der Waals surface area contributed by atoms with E-state index in [1.807, 2.05) is 0 Å². The molecule has 1 N–H and O–H groups in total. The Labute approximate surface area is 118 Å². The number of amides is 1. The average molecular weight is 286 g/mol. The highest BCUT2D eigenvalue weighted by molar-refractivity contribution is 6.30. The van der Waals surface area contributed by atoms with Crippen LogP contribution in [0.4, 0.5) is 0 Å². The van der Waals surface area contributed by atoms with Crippen LogP contribution < -0.4 is 4.74 Å². The van der Waals surface area contributed by atoms with Crippen molar-refractivity contribution in [2.24, 2.45) is 0 Å². The maximum Gasteiger partial charge on any atom is 0.226 e. The van der Waals surface area contributed by atoms with E-state index >= 15 is 0 Å². The number of hydrogen-bond donors (Lipinski definition) is 1. The number of carbonyl (C=O) groups is 1. The highest BCUT2D eigenvalue weighted by atomic mass is 35.5. The van der Waals surface area contributed by atoms with E-state index in [0.717, 1.165) is 5.56 Å². The molecule has 4 nitrogen and oxygen atoms in total. The molecule has 1 aromatic rings. The zero-order valence-corrected chi connectivity index (χ0v) is 12.5. The number of methoxy groups -OCH3 is 1. The molecule has 0 fully saturated rings. The second-order valence-corrected chi connectivity index (χ2v) is 5.63. The molecule has 0 aliphatic carbocycles. The van der Waals surface area contributed by atoms with Gasteiger partial charge in [-0.25, -0.2) is 0 Å². The average Bonchev–Trinajstić information content (AvgIpc) is 2.27. The lowest BCUT2D eigenvalue weighted by molar-refractivity contribution is -0.131. The molecule has 0 spiro atoms. The van der Waals surface area contributed by atoms with Crippen LogP contribution in [0.3, 0.4) is 0 Å². The molecule has 0 bridgehead atoms. The van der Waals surface area contributed by atoms with Gasteiger partial charge < -0.3 is 14.7 Å². The van der Waals surface area contributed by atoms with E-state index in [9.17, 15) is 9.90 Å². The van der Waals surface area contributed by atoms with Crippen molar-refractivity contribution in [1.29, 1.82) is 0 Å². The monoisotopic (exact) mass is 285 g/mol. The van der Waals surface area contributed by atoms with Crippen molar-refractivity contribution < 1.29 is 14.6 Å². The molecule has 19 heavy (non-hydrogen) atoms. The quantitative estimate of drug-likeness (QED) is 0.901. The molecule has 0 aromatic heterocycles. The molecule has 0 unspecified atom stereocenters. The van der Waals surface area contributed by atoms with Crippen LogP contribution >= 0.6 is 11.6 Å². The van der Waals surface area contributed by atoms with Crippen molar-refractivity contribution in [2.45, 2.75) is 25.9 Å². The first-order valence-corrected chi connectivity index (χ1v) is 6.39. The minimum Gasteiger partial charge on any atom is -0.496 e. The maximum atomic E-state index is 12.1. The van der Waals surface area contributed by atoms with Gasteiger partial charge in [-0.05, 0) is 32.0 Å². The molecule has 0 saturated heterocycles. The molecule has 0 radical (unpaired) electrons. The van der Waals surface area contributed by atoms with Crippen LogP contribution in [0, 0.1) is 0 Å². The van der Waals surface area contributed by atoms with E-state index in [1.165, 1.54) is 4.90 Å². The smallest absolute Gasteiger partial charge is 0.226 e. The highest BCUT2D eigenvalue weighted by Gasteiger charge is 2.20. The first-order valence-electron chi connectivity index (χ1n) is 6.01. The summed E-state index contributed by atoms with van der Waals surface area (Å²) in [6.07, 6.45) is 0.191.